The van der Waals surface area contributed by atoms with Crippen LogP contribution in [0, 0.1) is 0 Å². The third-order valence-corrected chi connectivity index (χ3v) is 5.11. The smallest absolute Gasteiger partial charge is 0.249 e. The van der Waals surface area contributed by atoms with Crippen molar-refractivity contribution < 1.29 is 4.79 Å². The number of rotatable bonds is 7. The van der Waals surface area contributed by atoms with Crippen LogP contribution >= 0.6 is 0 Å². The second-order valence-corrected chi connectivity index (χ2v) is 7.80. The zero-order valence-electron chi connectivity index (χ0n) is 18.5. The topological polar surface area (TPSA) is 86.8 Å². The summed E-state index contributed by atoms with van der Waals surface area (Å²) in [7, 11) is 3.90. The third kappa shape index (κ3) is 4.90. The Labute approximate surface area is 187 Å². The molecule has 1 amide bonds. The summed E-state index contributed by atoms with van der Waals surface area (Å²) in [5, 5.41) is 3.85. The van der Waals surface area contributed by atoms with E-state index in [0.717, 1.165) is 45.4 Å². The van der Waals surface area contributed by atoms with Crippen molar-refractivity contribution in [2.24, 2.45) is 0 Å². The Hall–Kier alpha value is -3.84. The first kappa shape index (κ1) is 21.4. The van der Waals surface area contributed by atoms with Crippen molar-refractivity contribution in [3.8, 4) is 22.3 Å². The van der Waals surface area contributed by atoms with Gasteiger partial charge in [0.15, 0.2) is 0 Å². The molecule has 0 aliphatic heterocycles. The van der Waals surface area contributed by atoms with E-state index in [9.17, 15) is 4.79 Å². The Morgan fingerprint density at radius 2 is 1.88 bits per heavy atom. The first-order chi connectivity index (χ1) is 15.5. The number of amides is 1. The zero-order valence-corrected chi connectivity index (χ0v) is 18.5. The van der Waals surface area contributed by atoms with Crippen molar-refractivity contribution in [2.45, 2.75) is 13.3 Å². The molecule has 0 bridgehead atoms. The number of aromatic nitrogens is 4. The number of carbonyl (C=O) groups is 1. The van der Waals surface area contributed by atoms with Gasteiger partial charge in [0.1, 0.15) is 11.5 Å². The molecular weight excluding hydrogens is 400 g/mol. The Kier molecular flexibility index (Phi) is 6.37. The summed E-state index contributed by atoms with van der Waals surface area (Å²) in [6.07, 6.45) is 11.6. The Balaban J connectivity index is 1.62. The summed E-state index contributed by atoms with van der Waals surface area (Å²) in [5.74, 6) is 0.292. The van der Waals surface area contributed by atoms with Gasteiger partial charge in [-0.1, -0.05) is 13.0 Å². The van der Waals surface area contributed by atoms with Crippen LogP contribution in [0.2, 0.25) is 0 Å². The molecule has 7 heteroatoms. The molecule has 32 heavy (non-hydrogen) atoms. The van der Waals surface area contributed by atoms with Gasteiger partial charge in [0.05, 0.1) is 0 Å². The molecular formula is C25H26N6O. The normalized spacial score (nSPS) is 11.5. The highest BCUT2D eigenvalue weighted by Crippen LogP contribution is 2.31. The van der Waals surface area contributed by atoms with Crippen molar-refractivity contribution in [1.29, 1.82) is 0 Å². The lowest BCUT2D eigenvalue weighted by atomic mass is 10.0. The monoisotopic (exact) mass is 426 g/mol. The maximum Gasteiger partial charge on any atom is 0.249 e. The van der Waals surface area contributed by atoms with Crippen LogP contribution in [0.5, 0.6) is 0 Å². The molecule has 162 valence electrons. The van der Waals surface area contributed by atoms with E-state index >= 15 is 0 Å². The highest BCUT2D eigenvalue weighted by Gasteiger charge is 2.11. The molecule has 4 aromatic heterocycles. The first-order valence-electron chi connectivity index (χ1n) is 10.5. The predicted octanol–water partition coefficient (Wildman–Crippen LogP) is 4.31. The minimum Gasteiger partial charge on any atom is -0.346 e. The number of anilines is 1. The summed E-state index contributed by atoms with van der Waals surface area (Å²) in [6.45, 7) is 2.79. The highest BCUT2D eigenvalue weighted by atomic mass is 16.1. The number of nitrogens with zero attached hydrogens (tertiary/aromatic N) is 4. The van der Waals surface area contributed by atoms with Gasteiger partial charge in [-0.15, -0.1) is 0 Å². The second kappa shape index (κ2) is 9.53. The minimum absolute atomic E-state index is 0.206. The van der Waals surface area contributed by atoms with Crippen molar-refractivity contribution in [3.05, 3.63) is 73.0 Å². The fourth-order valence-corrected chi connectivity index (χ4v) is 3.46. The van der Waals surface area contributed by atoms with Crippen LogP contribution in [0.1, 0.15) is 12.6 Å². The lowest BCUT2D eigenvalue weighted by Gasteiger charge is -2.07. The number of hydrogen-bond donors (Lipinski definition) is 2. The molecule has 0 saturated heterocycles. The maximum atomic E-state index is 12.2. The molecule has 0 spiro atoms. The number of hydrogen-bond acceptors (Lipinski definition) is 5. The van der Waals surface area contributed by atoms with Gasteiger partial charge < -0.3 is 15.2 Å². The first-order valence-corrected chi connectivity index (χ1v) is 10.5. The molecule has 0 radical (unpaired) electrons. The van der Waals surface area contributed by atoms with Crippen LogP contribution in [-0.2, 0) is 11.2 Å². The van der Waals surface area contributed by atoms with E-state index in [-0.39, 0.29) is 5.91 Å². The number of aryl methyl sites for hydroxylation is 1. The fraction of sp³-hybridized carbons (Fsp3) is 0.200. The number of nitrogens with one attached hydrogen (secondary N) is 2. The lowest BCUT2D eigenvalue weighted by Crippen LogP contribution is -2.13. The van der Waals surface area contributed by atoms with Crippen LogP contribution in [0.25, 0.3) is 33.3 Å². The number of pyridine rings is 3. The van der Waals surface area contributed by atoms with Crippen LogP contribution < -0.4 is 5.32 Å². The number of H-pyrrole nitrogens is 1. The van der Waals surface area contributed by atoms with E-state index in [2.05, 4.69) is 44.3 Å². The van der Waals surface area contributed by atoms with E-state index in [4.69, 9.17) is 0 Å². The molecule has 2 N–H and O–H groups in total. The number of fused-ring (bicyclic) bond motifs is 1. The van der Waals surface area contributed by atoms with Crippen LogP contribution in [0.15, 0.2) is 67.3 Å². The minimum atomic E-state index is -0.206. The molecule has 0 atom stereocenters. The van der Waals surface area contributed by atoms with Gasteiger partial charge in [0.2, 0.25) is 5.91 Å². The van der Waals surface area contributed by atoms with Gasteiger partial charge in [-0.05, 0) is 62.0 Å². The van der Waals surface area contributed by atoms with Gasteiger partial charge >= 0.3 is 0 Å². The van der Waals surface area contributed by atoms with Crippen molar-refractivity contribution >= 4 is 22.8 Å². The quantitative estimate of drug-likeness (QED) is 0.430. The van der Waals surface area contributed by atoms with E-state index in [1.807, 2.05) is 61.9 Å². The van der Waals surface area contributed by atoms with Crippen LogP contribution in [-0.4, -0.2) is 51.4 Å². The Morgan fingerprint density at radius 1 is 1.06 bits per heavy atom. The summed E-state index contributed by atoms with van der Waals surface area (Å²) in [4.78, 5) is 30.7. The second-order valence-electron chi connectivity index (χ2n) is 7.80. The van der Waals surface area contributed by atoms with Crippen molar-refractivity contribution in [3.63, 3.8) is 0 Å². The van der Waals surface area contributed by atoms with E-state index in [1.54, 1.807) is 6.20 Å². The molecule has 0 saturated carbocycles. The van der Waals surface area contributed by atoms with E-state index < -0.39 is 0 Å². The maximum absolute atomic E-state index is 12.2. The zero-order chi connectivity index (χ0) is 22.5. The van der Waals surface area contributed by atoms with E-state index in [0.29, 0.717) is 12.4 Å². The Bertz CT molecular complexity index is 1270. The summed E-state index contributed by atoms with van der Waals surface area (Å²) < 4.78 is 0. The molecule has 7 nitrogen and oxygen atoms in total. The predicted molar refractivity (Wildman–Crippen MR) is 128 cm³/mol. The summed E-state index contributed by atoms with van der Waals surface area (Å²) >= 11 is 0. The van der Waals surface area contributed by atoms with Crippen LogP contribution in [0.3, 0.4) is 0 Å². The molecule has 0 aromatic carbocycles. The summed E-state index contributed by atoms with van der Waals surface area (Å²) in [5.41, 5.74) is 5.94. The molecule has 0 aliphatic carbocycles. The molecule has 4 heterocycles. The highest BCUT2D eigenvalue weighted by molar-refractivity contribution is 5.99. The number of aromatic amines is 1. The lowest BCUT2D eigenvalue weighted by molar-refractivity contribution is -0.111. The fourth-order valence-electron chi connectivity index (χ4n) is 3.46. The molecule has 0 unspecified atom stereocenters. The molecule has 0 fully saturated rings. The van der Waals surface area contributed by atoms with Gasteiger partial charge in [-0.2, -0.15) is 0 Å². The van der Waals surface area contributed by atoms with Gasteiger partial charge in [0.25, 0.3) is 0 Å². The van der Waals surface area contributed by atoms with Gasteiger partial charge in [-0.3, -0.25) is 9.78 Å². The van der Waals surface area contributed by atoms with Crippen molar-refractivity contribution in [2.75, 3.05) is 26.0 Å². The average molecular weight is 427 g/mol. The number of likely N-dealkylation sites (N-methyl/N-ethyl adjacent to an activating group) is 1. The standard InChI is InChI=1S/C25H26N6O/c1-4-20-12-18(8-9-26-20)22-16-29-25-21(22)13-19(15-28-25)17-7-10-27-23(14-17)30-24(32)6-5-11-31(2)3/h5-10,12-16H,4,11H2,1-3H3,(H,28,29)(H,27,30,32)/b6-5+. The molecule has 0 aliphatic rings. The van der Waals surface area contributed by atoms with Gasteiger partial charge in [-0.25, -0.2) is 9.97 Å². The van der Waals surface area contributed by atoms with Crippen LogP contribution in [0.4, 0.5) is 5.82 Å². The largest absolute Gasteiger partial charge is 0.346 e. The SMILES string of the molecule is CCc1cc(-c2c[nH]c3ncc(-c4ccnc(NC(=O)/C=C/CN(C)C)c4)cc23)ccn1. The van der Waals surface area contributed by atoms with Crippen molar-refractivity contribution in [1.82, 2.24) is 24.8 Å². The molecule has 4 rings (SSSR count). The summed E-state index contributed by atoms with van der Waals surface area (Å²) in [6, 6.07) is 10.00. The third-order valence-electron chi connectivity index (χ3n) is 5.11. The average Bonchev–Trinajstić information content (AvgIpc) is 3.22. The van der Waals surface area contributed by atoms with E-state index in [1.165, 1.54) is 6.08 Å². The Morgan fingerprint density at radius 3 is 2.69 bits per heavy atom. The number of carbonyl (C=O) groups excluding carboxylic acids is 1. The van der Waals surface area contributed by atoms with Gasteiger partial charge in [0, 0.05) is 59.6 Å². The molecule has 4 aromatic rings.